The van der Waals surface area contributed by atoms with Crippen LogP contribution in [0.25, 0.3) is 0 Å². The van der Waals surface area contributed by atoms with Crippen molar-refractivity contribution in [3.05, 3.63) is 29.8 Å². The highest BCUT2D eigenvalue weighted by Crippen LogP contribution is 2.12. The molecule has 0 aliphatic heterocycles. The van der Waals surface area contributed by atoms with Crippen LogP contribution in [0.3, 0.4) is 0 Å². The lowest BCUT2D eigenvalue weighted by molar-refractivity contribution is -0.144. The molecule has 1 aromatic rings. The Morgan fingerprint density at radius 2 is 2.06 bits per heavy atom. The van der Waals surface area contributed by atoms with Gasteiger partial charge < -0.3 is 15.6 Å². The molecule has 0 saturated carbocycles. The highest BCUT2D eigenvalue weighted by molar-refractivity contribution is 5.74. The normalized spacial score (nSPS) is 11.2. The van der Waals surface area contributed by atoms with Crippen molar-refractivity contribution in [2.75, 3.05) is 12.3 Å². The van der Waals surface area contributed by atoms with Gasteiger partial charge in [0.15, 0.2) is 0 Å². The summed E-state index contributed by atoms with van der Waals surface area (Å²) in [6.07, 6.45) is 0.585. The molecule has 0 spiro atoms. The maximum absolute atomic E-state index is 11.5. The average Bonchev–Trinajstić information content (AvgIpc) is 2.19. The molecule has 94 valence electrons. The summed E-state index contributed by atoms with van der Waals surface area (Å²) in [4.78, 5) is 11.5. The number of hydrogen-bond acceptors (Lipinski definition) is 4. The number of carbonyl (C=O) groups is 1. The third-order valence-electron chi connectivity index (χ3n) is 2.37. The van der Waals surface area contributed by atoms with Crippen LogP contribution in [0.5, 0.6) is 0 Å². The van der Waals surface area contributed by atoms with Crippen molar-refractivity contribution in [3.8, 4) is 0 Å². The van der Waals surface area contributed by atoms with Crippen LogP contribution < -0.4 is 5.73 Å². The van der Waals surface area contributed by atoms with Gasteiger partial charge >= 0.3 is 5.97 Å². The van der Waals surface area contributed by atoms with E-state index < -0.39 is 5.60 Å². The molecule has 0 fully saturated rings. The van der Waals surface area contributed by atoms with E-state index in [1.807, 2.05) is 12.1 Å². The van der Waals surface area contributed by atoms with Crippen molar-refractivity contribution in [1.29, 1.82) is 0 Å². The summed E-state index contributed by atoms with van der Waals surface area (Å²) in [6.45, 7) is 3.57. The van der Waals surface area contributed by atoms with Gasteiger partial charge in [0.05, 0.1) is 18.6 Å². The largest absolute Gasteiger partial charge is 0.465 e. The standard InChI is InChI=1S/C13H19NO3/c1-13(2,16)7-8-17-12(15)9-10-5-3-4-6-11(10)14/h3-6,16H,7-9,14H2,1-2H3. The number of carbonyl (C=O) groups excluding carboxylic acids is 1. The molecule has 0 heterocycles. The summed E-state index contributed by atoms with van der Waals surface area (Å²) in [7, 11) is 0. The van der Waals surface area contributed by atoms with Gasteiger partial charge in [0.1, 0.15) is 0 Å². The van der Waals surface area contributed by atoms with Crippen LogP contribution >= 0.6 is 0 Å². The minimum atomic E-state index is -0.813. The average molecular weight is 237 g/mol. The van der Waals surface area contributed by atoms with Crippen LogP contribution in [-0.2, 0) is 16.0 Å². The molecule has 0 atom stereocenters. The first-order chi connectivity index (χ1) is 7.88. The summed E-state index contributed by atoms with van der Waals surface area (Å²) in [5.74, 6) is -0.327. The van der Waals surface area contributed by atoms with Crippen LogP contribution in [0.4, 0.5) is 5.69 Å². The van der Waals surface area contributed by atoms with Crippen molar-refractivity contribution in [1.82, 2.24) is 0 Å². The zero-order valence-corrected chi connectivity index (χ0v) is 10.3. The van der Waals surface area contributed by atoms with Gasteiger partial charge in [-0.25, -0.2) is 0 Å². The molecule has 0 radical (unpaired) electrons. The first kappa shape index (κ1) is 13.5. The Bertz CT molecular complexity index is 382. The van der Waals surface area contributed by atoms with Gasteiger partial charge in [0, 0.05) is 12.1 Å². The Morgan fingerprint density at radius 3 is 2.65 bits per heavy atom. The van der Waals surface area contributed by atoms with E-state index in [9.17, 15) is 9.90 Å². The molecular weight excluding hydrogens is 218 g/mol. The molecule has 3 N–H and O–H groups in total. The van der Waals surface area contributed by atoms with E-state index in [2.05, 4.69) is 0 Å². The molecule has 0 saturated heterocycles. The molecule has 4 nitrogen and oxygen atoms in total. The van der Waals surface area contributed by atoms with E-state index in [-0.39, 0.29) is 19.0 Å². The van der Waals surface area contributed by atoms with Crippen LogP contribution in [-0.4, -0.2) is 23.3 Å². The smallest absolute Gasteiger partial charge is 0.310 e. The second-order valence-corrected chi connectivity index (χ2v) is 4.66. The van der Waals surface area contributed by atoms with Crippen LogP contribution in [0, 0.1) is 0 Å². The fraction of sp³-hybridized carbons (Fsp3) is 0.462. The highest BCUT2D eigenvalue weighted by Gasteiger charge is 2.14. The Labute approximate surface area is 101 Å². The highest BCUT2D eigenvalue weighted by atomic mass is 16.5. The Balaban J connectivity index is 2.38. The molecule has 1 rings (SSSR count). The number of hydrogen-bond donors (Lipinski definition) is 2. The Morgan fingerprint density at radius 1 is 1.41 bits per heavy atom. The summed E-state index contributed by atoms with van der Waals surface area (Å²) in [6, 6.07) is 7.19. The lowest BCUT2D eigenvalue weighted by atomic mass is 10.1. The van der Waals surface area contributed by atoms with Gasteiger partial charge in [-0.1, -0.05) is 18.2 Å². The van der Waals surface area contributed by atoms with Crippen molar-refractivity contribution >= 4 is 11.7 Å². The van der Waals surface area contributed by atoms with Gasteiger partial charge in [-0.15, -0.1) is 0 Å². The molecule has 0 aliphatic rings. The van der Waals surface area contributed by atoms with Gasteiger partial charge in [-0.2, -0.15) is 0 Å². The molecule has 0 aliphatic carbocycles. The number of aliphatic hydroxyl groups is 1. The topological polar surface area (TPSA) is 72.5 Å². The summed E-state index contributed by atoms with van der Waals surface area (Å²) in [5.41, 5.74) is 6.26. The number of benzene rings is 1. The molecular formula is C13H19NO3. The summed E-state index contributed by atoms with van der Waals surface area (Å²) < 4.78 is 5.02. The van der Waals surface area contributed by atoms with E-state index in [0.29, 0.717) is 12.1 Å². The molecule has 17 heavy (non-hydrogen) atoms. The third kappa shape index (κ3) is 5.36. The maximum Gasteiger partial charge on any atom is 0.310 e. The lowest BCUT2D eigenvalue weighted by Gasteiger charge is -2.16. The Kier molecular flexibility index (Phi) is 4.52. The first-order valence-corrected chi connectivity index (χ1v) is 5.60. The number of nitrogens with two attached hydrogens (primary N) is 1. The van der Waals surface area contributed by atoms with Crippen molar-refractivity contribution in [2.24, 2.45) is 0 Å². The number of ether oxygens (including phenoxy) is 1. The Hall–Kier alpha value is -1.55. The molecule has 0 bridgehead atoms. The fourth-order valence-electron chi connectivity index (χ4n) is 1.32. The minimum Gasteiger partial charge on any atom is -0.465 e. The van der Waals surface area contributed by atoms with E-state index in [1.54, 1.807) is 26.0 Å². The maximum atomic E-state index is 11.5. The van der Waals surface area contributed by atoms with Gasteiger partial charge in [-0.05, 0) is 25.5 Å². The first-order valence-electron chi connectivity index (χ1n) is 5.60. The van der Waals surface area contributed by atoms with E-state index in [0.717, 1.165) is 5.56 Å². The van der Waals surface area contributed by atoms with Crippen LogP contribution in [0.2, 0.25) is 0 Å². The summed E-state index contributed by atoms with van der Waals surface area (Å²) in [5, 5.41) is 9.45. The fourth-order valence-corrected chi connectivity index (χ4v) is 1.32. The van der Waals surface area contributed by atoms with Crippen molar-refractivity contribution < 1.29 is 14.6 Å². The lowest BCUT2D eigenvalue weighted by Crippen LogP contribution is -2.22. The van der Waals surface area contributed by atoms with Crippen molar-refractivity contribution in [2.45, 2.75) is 32.3 Å². The molecule has 0 unspecified atom stereocenters. The van der Waals surface area contributed by atoms with E-state index in [4.69, 9.17) is 10.5 Å². The van der Waals surface area contributed by atoms with Crippen molar-refractivity contribution in [3.63, 3.8) is 0 Å². The second kappa shape index (κ2) is 5.68. The quantitative estimate of drug-likeness (QED) is 0.601. The van der Waals surface area contributed by atoms with E-state index in [1.165, 1.54) is 0 Å². The number of nitrogen functional groups attached to an aromatic ring is 1. The zero-order chi connectivity index (χ0) is 12.9. The monoisotopic (exact) mass is 237 g/mol. The predicted octanol–water partition coefficient (Wildman–Crippen LogP) is 1.52. The molecule has 0 amide bonds. The number of rotatable bonds is 5. The van der Waals surface area contributed by atoms with Crippen LogP contribution in [0.15, 0.2) is 24.3 Å². The SMILES string of the molecule is CC(C)(O)CCOC(=O)Cc1ccccc1N. The predicted molar refractivity (Wildman–Crippen MR) is 66.4 cm³/mol. The van der Waals surface area contributed by atoms with Gasteiger partial charge in [0.2, 0.25) is 0 Å². The molecule has 0 aromatic heterocycles. The van der Waals surface area contributed by atoms with E-state index >= 15 is 0 Å². The van der Waals surface area contributed by atoms with Crippen LogP contribution in [0.1, 0.15) is 25.8 Å². The van der Waals surface area contributed by atoms with Gasteiger partial charge in [-0.3, -0.25) is 4.79 Å². The number of anilines is 1. The second-order valence-electron chi connectivity index (χ2n) is 4.66. The number of esters is 1. The third-order valence-corrected chi connectivity index (χ3v) is 2.37. The zero-order valence-electron chi connectivity index (χ0n) is 10.3. The number of para-hydroxylation sites is 1. The summed E-state index contributed by atoms with van der Waals surface area (Å²) >= 11 is 0. The molecule has 4 heteroatoms. The van der Waals surface area contributed by atoms with Gasteiger partial charge in [0.25, 0.3) is 0 Å². The molecule has 1 aromatic carbocycles. The minimum absolute atomic E-state index is 0.165.